The van der Waals surface area contributed by atoms with Crippen LogP contribution in [-0.2, 0) is 6.42 Å². The summed E-state index contributed by atoms with van der Waals surface area (Å²) in [6, 6.07) is 4.46. The van der Waals surface area contributed by atoms with Crippen LogP contribution in [0.5, 0.6) is 0 Å². The normalized spacial score (nSPS) is 10.7. The predicted molar refractivity (Wildman–Crippen MR) is 87.6 cm³/mol. The molecule has 0 aliphatic heterocycles. The number of hydrogen-bond donors (Lipinski definition) is 2. The summed E-state index contributed by atoms with van der Waals surface area (Å²) in [7, 11) is 0. The molecule has 0 saturated heterocycles. The molecular formula is C13H14Cl2N4OS. The van der Waals surface area contributed by atoms with Gasteiger partial charge in [0.1, 0.15) is 5.01 Å². The van der Waals surface area contributed by atoms with E-state index >= 15 is 0 Å². The van der Waals surface area contributed by atoms with Gasteiger partial charge in [0, 0.05) is 12.1 Å². The van der Waals surface area contributed by atoms with Crippen LogP contribution >= 0.6 is 34.5 Å². The number of carbonyl (C=O) groups is 1. The predicted octanol–water partition coefficient (Wildman–Crippen LogP) is 4.69. The lowest BCUT2D eigenvalue weighted by Crippen LogP contribution is -2.19. The number of anilines is 2. The summed E-state index contributed by atoms with van der Waals surface area (Å²) in [6.45, 7) is 4.21. The van der Waals surface area contributed by atoms with Gasteiger partial charge in [0.2, 0.25) is 5.13 Å². The molecule has 0 radical (unpaired) electrons. The summed E-state index contributed by atoms with van der Waals surface area (Å²) in [5.41, 5.74) is 0.550. The zero-order valence-corrected chi connectivity index (χ0v) is 13.8. The molecule has 0 aliphatic carbocycles. The van der Waals surface area contributed by atoms with Crippen molar-refractivity contribution in [1.82, 2.24) is 10.2 Å². The highest BCUT2D eigenvalue weighted by Gasteiger charge is 2.10. The van der Waals surface area contributed by atoms with Gasteiger partial charge in [0.25, 0.3) is 0 Å². The Labute approximate surface area is 136 Å². The van der Waals surface area contributed by atoms with Crippen molar-refractivity contribution in [3.63, 3.8) is 0 Å². The fraction of sp³-hybridized carbons (Fsp3) is 0.308. The second kappa shape index (κ2) is 7.06. The maximum atomic E-state index is 11.9. The van der Waals surface area contributed by atoms with Crippen molar-refractivity contribution >= 4 is 51.4 Å². The molecule has 1 aromatic heterocycles. The summed E-state index contributed by atoms with van der Waals surface area (Å²) < 4.78 is 0. The van der Waals surface area contributed by atoms with Crippen LogP contribution in [0.2, 0.25) is 10.0 Å². The maximum Gasteiger partial charge on any atom is 0.325 e. The number of nitrogens with zero attached hydrogens (tertiary/aromatic N) is 2. The summed E-state index contributed by atoms with van der Waals surface area (Å²) in [5.74, 6) is 0.496. The van der Waals surface area contributed by atoms with Crippen molar-refractivity contribution in [2.24, 2.45) is 5.92 Å². The van der Waals surface area contributed by atoms with Crippen LogP contribution in [0.1, 0.15) is 18.9 Å². The number of benzene rings is 1. The van der Waals surface area contributed by atoms with Gasteiger partial charge < -0.3 is 5.32 Å². The lowest BCUT2D eigenvalue weighted by Gasteiger charge is -2.06. The first kappa shape index (κ1) is 16.0. The second-order valence-electron chi connectivity index (χ2n) is 4.81. The summed E-state index contributed by atoms with van der Waals surface area (Å²) in [4.78, 5) is 11.9. The van der Waals surface area contributed by atoms with E-state index in [9.17, 15) is 4.79 Å². The Hall–Kier alpha value is -1.37. The molecule has 2 rings (SSSR count). The molecule has 0 atom stereocenters. The lowest BCUT2D eigenvalue weighted by atomic mass is 10.1. The number of nitrogens with one attached hydrogen (secondary N) is 2. The zero-order chi connectivity index (χ0) is 15.4. The highest BCUT2D eigenvalue weighted by atomic mass is 35.5. The molecule has 1 aromatic carbocycles. The monoisotopic (exact) mass is 344 g/mol. The molecular weight excluding hydrogens is 331 g/mol. The number of urea groups is 1. The van der Waals surface area contributed by atoms with E-state index in [1.54, 1.807) is 18.2 Å². The van der Waals surface area contributed by atoms with Crippen molar-refractivity contribution in [2.45, 2.75) is 20.3 Å². The molecule has 5 nitrogen and oxygen atoms in total. The van der Waals surface area contributed by atoms with Gasteiger partial charge in [-0.3, -0.25) is 5.32 Å². The van der Waals surface area contributed by atoms with E-state index in [1.165, 1.54) is 11.3 Å². The molecule has 0 aliphatic rings. The molecule has 1 heterocycles. The van der Waals surface area contributed by atoms with Crippen LogP contribution in [0, 0.1) is 5.92 Å². The third-order valence-electron chi connectivity index (χ3n) is 2.45. The standard InChI is InChI=1S/C13H14Cl2N4OS/c1-7(2)5-11-18-19-13(21-11)17-12(20)16-8-3-4-9(14)10(15)6-8/h3-4,6-7H,5H2,1-2H3,(H2,16,17,19,20). The molecule has 0 spiro atoms. The number of halogens is 2. The first-order valence-corrected chi connectivity index (χ1v) is 7.86. The Morgan fingerprint density at radius 3 is 2.67 bits per heavy atom. The quantitative estimate of drug-likeness (QED) is 0.845. The van der Waals surface area contributed by atoms with Gasteiger partial charge in [-0.1, -0.05) is 48.4 Å². The van der Waals surface area contributed by atoms with Crippen molar-refractivity contribution in [3.05, 3.63) is 33.3 Å². The number of rotatable bonds is 4. The van der Waals surface area contributed by atoms with Crippen LogP contribution in [0.3, 0.4) is 0 Å². The Bertz CT molecular complexity index is 645. The van der Waals surface area contributed by atoms with Gasteiger partial charge in [-0.05, 0) is 24.1 Å². The maximum absolute atomic E-state index is 11.9. The average molecular weight is 345 g/mol. The van der Waals surface area contributed by atoms with E-state index in [2.05, 4.69) is 34.7 Å². The Morgan fingerprint density at radius 1 is 1.24 bits per heavy atom. The van der Waals surface area contributed by atoms with Crippen molar-refractivity contribution in [3.8, 4) is 0 Å². The van der Waals surface area contributed by atoms with Crippen LogP contribution in [0.25, 0.3) is 0 Å². The minimum Gasteiger partial charge on any atom is -0.308 e. The van der Waals surface area contributed by atoms with Crippen molar-refractivity contribution < 1.29 is 4.79 Å². The summed E-state index contributed by atoms with van der Waals surface area (Å²) in [5, 5.41) is 15.4. The average Bonchev–Trinajstić information content (AvgIpc) is 2.80. The summed E-state index contributed by atoms with van der Waals surface area (Å²) >= 11 is 13.1. The lowest BCUT2D eigenvalue weighted by molar-refractivity contribution is 0.262. The third kappa shape index (κ3) is 4.84. The van der Waals surface area contributed by atoms with Gasteiger partial charge in [-0.15, -0.1) is 10.2 Å². The van der Waals surface area contributed by atoms with E-state index in [1.807, 2.05) is 0 Å². The van der Waals surface area contributed by atoms with Crippen LogP contribution < -0.4 is 10.6 Å². The van der Waals surface area contributed by atoms with E-state index in [0.29, 0.717) is 26.8 Å². The number of carbonyl (C=O) groups excluding carboxylic acids is 1. The number of aromatic nitrogens is 2. The minimum atomic E-state index is -0.402. The van der Waals surface area contributed by atoms with Gasteiger partial charge in [0.15, 0.2) is 0 Å². The molecule has 112 valence electrons. The number of amides is 2. The largest absolute Gasteiger partial charge is 0.325 e. The van der Waals surface area contributed by atoms with Gasteiger partial charge in [-0.2, -0.15) is 0 Å². The first-order chi connectivity index (χ1) is 9.94. The van der Waals surface area contributed by atoms with E-state index in [4.69, 9.17) is 23.2 Å². The SMILES string of the molecule is CC(C)Cc1nnc(NC(=O)Nc2ccc(Cl)c(Cl)c2)s1. The van der Waals surface area contributed by atoms with Gasteiger partial charge >= 0.3 is 6.03 Å². The zero-order valence-electron chi connectivity index (χ0n) is 11.5. The van der Waals surface area contributed by atoms with E-state index in [-0.39, 0.29) is 0 Å². The molecule has 2 N–H and O–H groups in total. The molecule has 2 aromatic rings. The van der Waals surface area contributed by atoms with Crippen molar-refractivity contribution in [2.75, 3.05) is 10.6 Å². The van der Waals surface area contributed by atoms with E-state index < -0.39 is 6.03 Å². The molecule has 0 unspecified atom stereocenters. The Morgan fingerprint density at radius 2 is 2.00 bits per heavy atom. The highest BCUT2D eigenvalue weighted by molar-refractivity contribution is 7.15. The fourth-order valence-corrected chi connectivity index (χ4v) is 2.81. The van der Waals surface area contributed by atoms with Gasteiger partial charge in [-0.25, -0.2) is 4.79 Å². The molecule has 0 fully saturated rings. The fourth-order valence-electron chi connectivity index (χ4n) is 1.57. The smallest absolute Gasteiger partial charge is 0.308 e. The molecule has 0 saturated carbocycles. The van der Waals surface area contributed by atoms with E-state index in [0.717, 1.165) is 11.4 Å². The Balaban J connectivity index is 1.95. The third-order valence-corrected chi connectivity index (χ3v) is 4.05. The topological polar surface area (TPSA) is 66.9 Å². The molecule has 21 heavy (non-hydrogen) atoms. The van der Waals surface area contributed by atoms with Gasteiger partial charge in [0.05, 0.1) is 10.0 Å². The van der Waals surface area contributed by atoms with Crippen LogP contribution in [0.15, 0.2) is 18.2 Å². The molecule has 2 amide bonds. The second-order valence-corrected chi connectivity index (χ2v) is 6.68. The Kier molecular flexibility index (Phi) is 5.39. The van der Waals surface area contributed by atoms with Crippen LogP contribution in [-0.4, -0.2) is 16.2 Å². The van der Waals surface area contributed by atoms with Crippen LogP contribution in [0.4, 0.5) is 15.6 Å². The molecule has 0 bridgehead atoms. The first-order valence-electron chi connectivity index (χ1n) is 6.29. The highest BCUT2D eigenvalue weighted by Crippen LogP contribution is 2.25. The van der Waals surface area contributed by atoms with Crippen molar-refractivity contribution in [1.29, 1.82) is 0 Å². The summed E-state index contributed by atoms with van der Waals surface area (Å²) in [6.07, 6.45) is 0.841. The number of hydrogen-bond acceptors (Lipinski definition) is 4. The molecule has 8 heteroatoms. The minimum absolute atomic E-state index is 0.379.